The Morgan fingerprint density at radius 1 is 1.50 bits per heavy atom. The molecule has 1 fully saturated rings. The SMILES string of the molecule is CC(C)C(=O)C1=C2SCCN2C(=O)[C@@H]1CC(=O)O. The van der Waals surface area contributed by atoms with Crippen molar-refractivity contribution in [1.29, 1.82) is 0 Å². The number of hydrogen-bond acceptors (Lipinski definition) is 4. The van der Waals surface area contributed by atoms with E-state index in [9.17, 15) is 14.4 Å². The van der Waals surface area contributed by atoms with Crippen molar-refractivity contribution in [2.24, 2.45) is 11.8 Å². The van der Waals surface area contributed by atoms with Gasteiger partial charge < -0.3 is 10.0 Å². The summed E-state index contributed by atoms with van der Waals surface area (Å²) >= 11 is 1.47. The van der Waals surface area contributed by atoms with Crippen molar-refractivity contribution in [2.75, 3.05) is 12.3 Å². The lowest BCUT2D eigenvalue weighted by Crippen LogP contribution is -2.29. The van der Waals surface area contributed by atoms with Crippen molar-refractivity contribution in [3.63, 3.8) is 0 Å². The van der Waals surface area contributed by atoms with E-state index in [1.807, 2.05) is 0 Å². The second kappa shape index (κ2) is 4.76. The molecule has 18 heavy (non-hydrogen) atoms. The monoisotopic (exact) mass is 269 g/mol. The van der Waals surface area contributed by atoms with Crippen LogP contribution < -0.4 is 0 Å². The molecule has 0 aliphatic carbocycles. The Labute approximate surface area is 109 Å². The summed E-state index contributed by atoms with van der Waals surface area (Å²) in [5, 5.41) is 9.57. The molecule has 2 rings (SSSR count). The van der Waals surface area contributed by atoms with Gasteiger partial charge >= 0.3 is 5.97 Å². The fourth-order valence-electron chi connectivity index (χ4n) is 2.26. The fourth-order valence-corrected chi connectivity index (χ4v) is 3.46. The lowest BCUT2D eigenvalue weighted by molar-refractivity contribution is -0.141. The maximum absolute atomic E-state index is 12.2. The number of ketones is 1. The summed E-state index contributed by atoms with van der Waals surface area (Å²) in [7, 11) is 0. The second-order valence-electron chi connectivity index (χ2n) is 4.73. The van der Waals surface area contributed by atoms with E-state index in [4.69, 9.17) is 5.11 Å². The van der Waals surface area contributed by atoms with E-state index in [2.05, 4.69) is 0 Å². The van der Waals surface area contributed by atoms with Gasteiger partial charge in [-0.3, -0.25) is 14.4 Å². The molecule has 6 heteroatoms. The molecule has 1 N–H and O–H groups in total. The lowest BCUT2D eigenvalue weighted by Gasteiger charge is -2.13. The van der Waals surface area contributed by atoms with E-state index in [1.165, 1.54) is 11.8 Å². The number of rotatable bonds is 4. The zero-order valence-corrected chi connectivity index (χ0v) is 11.1. The highest BCUT2D eigenvalue weighted by atomic mass is 32.2. The van der Waals surface area contributed by atoms with Gasteiger partial charge in [-0.25, -0.2) is 0 Å². The number of carbonyl (C=O) groups is 3. The molecule has 2 heterocycles. The zero-order valence-electron chi connectivity index (χ0n) is 10.3. The summed E-state index contributed by atoms with van der Waals surface area (Å²) in [5.74, 6) is -1.63. The van der Waals surface area contributed by atoms with Gasteiger partial charge in [-0.1, -0.05) is 13.8 Å². The van der Waals surface area contributed by atoms with Crippen molar-refractivity contribution >= 4 is 29.4 Å². The number of amides is 1. The fraction of sp³-hybridized carbons (Fsp3) is 0.583. The predicted molar refractivity (Wildman–Crippen MR) is 66.8 cm³/mol. The summed E-state index contributed by atoms with van der Waals surface area (Å²) in [6, 6.07) is 0. The minimum atomic E-state index is -1.05. The second-order valence-corrected chi connectivity index (χ2v) is 5.81. The molecule has 2 aliphatic heterocycles. The standard InChI is InChI=1S/C12H15NO4S/c1-6(2)10(16)9-7(5-8(14)15)11(17)13-3-4-18-12(9)13/h6-7H,3-5H2,1-2H3,(H,14,15)/t7-/m1/s1. The Balaban J connectivity index is 2.40. The third-order valence-electron chi connectivity index (χ3n) is 3.11. The van der Waals surface area contributed by atoms with Gasteiger partial charge in [0, 0.05) is 23.8 Å². The molecule has 0 radical (unpaired) electrons. The van der Waals surface area contributed by atoms with Crippen molar-refractivity contribution in [3.8, 4) is 0 Å². The normalized spacial score (nSPS) is 22.9. The maximum Gasteiger partial charge on any atom is 0.304 e. The molecule has 5 nitrogen and oxygen atoms in total. The highest BCUT2D eigenvalue weighted by Gasteiger charge is 2.45. The first-order valence-electron chi connectivity index (χ1n) is 5.87. The number of Topliss-reactive ketones (excluding diaryl/α,β-unsaturated/α-hetero) is 1. The molecule has 0 bridgehead atoms. The Kier molecular flexibility index (Phi) is 3.47. The molecule has 2 aliphatic rings. The van der Waals surface area contributed by atoms with Crippen LogP contribution in [0.15, 0.2) is 10.6 Å². The summed E-state index contributed by atoms with van der Waals surface area (Å²) in [4.78, 5) is 36.7. The molecule has 1 amide bonds. The Hall–Kier alpha value is -1.30. The van der Waals surface area contributed by atoms with Crippen molar-refractivity contribution < 1.29 is 19.5 Å². The van der Waals surface area contributed by atoms with Crippen molar-refractivity contribution in [2.45, 2.75) is 20.3 Å². The van der Waals surface area contributed by atoms with Crippen LogP contribution in [-0.2, 0) is 14.4 Å². The smallest absolute Gasteiger partial charge is 0.304 e. The number of aliphatic carboxylic acids is 1. The first-order chi connectivity index (χ1) is 8.43. The minimum absolute atomic E-state index is 0.110. The quantitative estimate of drug-likeness (QED) is 0.827. The molecule has 0 aromatic rings. The maximum atomic E-state index is 12.2. The van der Waals surface area contributed by atoms with E-state index in [0.29, 0.717) is 17.1 Å². The van der Waals surface area contributed by atoms with Gasteiger partial charge in [0.05, 0.1) is 17.4 Å². The van der Waals surface area contributed by atoms with Gasteiger partial charge in [0.25, 0.3) is 0 Å². The van der Waals surface area contributed by atoms with Gasteiger partial charge in [0.2, 0.25) is 5.91 Å². The van der Waals surface area contributed by atoms with Crippen LogP contribution in [0.4, 0.5) is 0 Å². The Bertz CT molecular complexity index is 455. The van der Waals surface area contributed by atoms with Gasteiger partial charge in [-0.05, 0) is 0 Å². The number of carbonyl (C=O) groups excluding carboxylic acids is 2. The molecule has 98 valence electrons. The van der Waals surface area contributed by atoms with E-state index >= 15 is 0 Å². The Morgan fingerprint density at radius 3 is 2.72 bits per heavy atom. The van der Waals surface area contributed by atoms with Crippen molar-refractivity contribution in [1.82, 2.24) is 4.90 Å². The van der Waals surface area contributed by atoms with Crippen LogP contribution in [0.2, 0.25) is 0 Å². The summed E-state index contributed by atoms with van der Waals surface area (Å²) in [6.45, 7) is 4.10. The molecule has 0 aromatic carbocycles. The number of nitrogens with zero attached hydrogens (tertiary/aromatic N) is 1. The van der Waals surface area contributed by atoms with Crippen molar-refractivity contribution in [3.05, 3.63) is 10.6 Å². The summed E-state index contributed by atoms with van der Waals surface area (Å²) in [6.07, 6.45) is -0.298. The molecule has 0 aromatic heterocycles. The molecule has 1 saturated heterocycles. The third-order valence-corrected chi connectivity index (χ3v) is 4.21. The van der Waals surface area contributed by atoms with E-state index in [1.54, 1.807) is 18.7 Å². The van der Waals surface area contributed by atoms with E-state index in [-0.39, 0.29) is 24.0 Å². The molecular weight excluding hydrogens is 254 g/mol. The molecular formula is C12H15NO4S. The van der Waals surface area contributed by atoms with E-state index < -0.39 is 11.9 Å². The largest absolute Gasteiger partial charge is 0.481 e. The first-order valence-corrected chi connectivity index (χ1v) is 6.86. The average Bonchev–Trinajstić information content (AvgIpc) is 2.82. The summed E-state index contributed by atoms with van der Waals surface area (Å²) < 4.78 is 0. The third kappa shape index (κ3) is 2.05. The molecule has 0 spiro atoms. The zero-order chi connectivity index (χ0) is 13.4. The first kappa shape index (κ1) is 13.1. The van der Waals surface area contributed by atoms with Crippen LogP contribution in [0, 0.1) is 11.8 Å². The number of carboxylic acids is 1. The highest BCUT2D eigenvalue weighted by molar-refractivity contribution is 8.03. The van der Waals surface area contributed by atoms with Crippen LogP contribution in [0.1, 0.15) is 20.3 Å². The topological polar surface area (TPSA) is 74.7 Å². The van der Waals surface area contributed by atoms with Crippen LogP contribution in [0.5, 0.6) is 0 Å². The predicted octanol–water partition coefficient (Wildman–Crippen LogP) is 1.10. The van der Waals surface area contributed by atoms with Gasteiger partial charge in [-0.15, -0.1) is 11.8 Å². The minimum Gasteiger partial charge on any atom is -0.481 e. The number of thioether (sulfide) groups is 1. The van der Waals surface area contributed by atoms with Gasteiger partial charge in [-0.2, -0.15) is 0 Å². The summed E-state index contributed by atoms with van der Waals surface area (Å²) in [5.41, 5.74) is 0.417. The number of fused-ring (bicyclic) bond motifs is 1. The van der Waals surface area contributed by atoms with Crippen LogP contribution >= 0.6 is 11.8 Å². The van der Waals surface area contributed by atoms with Crippen LogP contribution in [-0.4, -0.2) is 40.0 Å². The molecule has 1 atom stereocenters. The van der Waals surface area contributed by atoms with Crippen LogP contribution in [0.3, 0.4) is 0 Å². The lowest BCUT2D eigenvalue weighted by atomic mass is 9.90. The highest BCUT2D eigenvalue weighted by Crippen LogP contribution is 2.43. The molecule has 0 saturated carbocycles. The van der Waals surface area contributed by atoms with E-state index in [0.717, 1.165) is 5.75 Å². The molecule has 0 unspecified atom stereocenters. The number of carboxylic acid groups (broad SMARTS) is 1. The Morgan fingerprint density at radius 2 is 2.17 bits per heavy atom. The van der Waals surface area contributed by atoms with Gasteiger partial charge in [0.1, 0.15) is 0 Å². The van der Waals surface area contributed by atoms with Crippen LogP contribution in [0.25, 0.3) is 0 Å². The van der Waals surface area contributed by atoms with Gasteiger partial charge in [0.15, 0.2) is 5.78 Å². The number of hydrogen-bond donors (Lipinski definition) is 1. The average molecular weight is 269 g/mol.